The van der Waals surface area contributed by atoms with E-state index in [1.54, 1.807) is 0 Å². The van der Waals surface area contributed by atoms with Crippen molar-refractivity contribution in [1.29, 1.82) is 0 Å². The Morgan fingerprint density at radius 3 is 2.48 bits per heavy atom. The Kier molecular flexibility index (Phi) is 8.27. The number of rotatable bonds is 10. The first kappa shape index (κ1) is 18.4. The predicted molar refractivity (Wildman–Crippen MR) is 87.6 cm³/mol. The molecular formula is C17H34N2O2. The van der Waals surface area contributed by atoms with Crippen LogP contribution in [-0.2, 0) is 4.79 Å². The lowest BCUT2D eigenvalue weighted by atomic mass is 9.93. The Balaban J connectivity index is 2.21. The summed E-state index contributed by atoms with van der Waals surface area (Å²) in [5, 5.41) is 12.6. The molecule has 0 spiro atoms. The summed E-state index contributed by atoms with van der Waals surface area (Å²) in [6.45, 7) is 10.5. The van der Waals surface area contributed by atoms with Crippen molar-refractivity contribution < 1.29 is 9.90 Å². The molecule has 4 heteroatoms. The van der Waals surface area contributed by atoms with E-state index in [1.165, 1.54) is 32.4 Å². The third-order valence-corrected chi connectivity index (χ3v) is 4.92. The quantitative estimate of drug-likeness (QED) is 0.608. The van der Waals surface area contributed by atoms with E-state index in [4.69, 9.17) is 0 Å². The molecule has 0 radical (unpaired) electrons. The fourth-order valence-electron chi connectivity index (χ4n) is 3.10. The van der Waals surface area contributed by atoms with Gasteiger partial charge in [0, 0.05) is 0 Å². The van der Waals surface area contributed by atoms with Gasteiger partial charge in [-0.25, -0.2) is 0 Å². The van der Waals surface area contributed by atoms with E-state index >= 15 is 0 Å². The number of nitrogens with zero attached hydrogens (tertiary/aromatic N) is 1. The number of unbranched alkanes of at least 4 members (excludes halogenated alkanes) is 1. The summed E-state index contributed by atoms with van der Waals surface area (Å²) in [7, 11) is 0. The highest BCUT2D eigenvalue weighted by molar-refractivity contribution is 5.78. The number of carbonyl (C=O) groups is 1. The molecule has 0 amide bonds. The van der Waals surface area contributed by atoms with Gasteiger partial charge in [-0.3, -0.25) is 4.79 Å². The van der Waals surface area contributed by atoms with Gasteiger partial charge < -0.3 is 15.3 Å². The average Bonchev–Trinajstić information content (AvgIpc) is 2.50. The smallest absolute Gasteiger partial charge is 0.323 e. The first-order valence-corrected chi connectivity index (χ1v) is 8.72. The zero-order chi connectivity index (χ0) is 15.7. The Morgan fingerprint density at radius 1 is 1.29 bits per heavy atom. The van der Waals surface area contributed by atoms with Gasteiger partial charge >= 0.3 is 5.97 Å². The monoisotopic (exact) mass is 298 g/mol. The number of likely N-dealkylation sites (tertiary alicyclic amines) is 1. The zero-order valence-electron chi connectivity index (χ0n) is 14.2. The van der Waals surface area contributed by atoms with Gasteiger partial charge in [0.1, 0.15) is 5.54 Å². The molecule has 124 valence electrons. The van der Waals surface area contributed by atoms with E-state index in [9.17, 15) is 9.90 Å². The highest BCUT2D eigenvalue weighted by Crippen LogP contribution is 2.21. The maximum Gasteiger partial charge on any atom is 0.323 e. The maximum absolute atomic E-state index is 11.4. The van der Waals surface area contributed by atoms with Crippen molar-refractivity contribution in [2.45, 2.75) is 71.3 Å². The molecular weight excluding hydrogens is 264 g/mol. The molecule has 0 bridgehead atoms. The van der Waals surface area contributed by atoms with Gasteiger partial charge in [-0.2, -0.15) is 0 Å². The van der Waals surface area contributed by atoms with Crippen molar-refractivity contribution in [3.05, 3.63) is 0 Å². The number of carboxylic acid groups (broad SMARTS) is 1. The van der Waals surface area contributed by atoms with Gasteiger partial charge in [-0.15, -0.1) is 0 Å². The number of hydrogen-bond acceptors (Lipinski definition) is 3. The second-order valence-corrected chi connectivity index (χ2v) is 6.71. The van der Waals surface area contributed by atoms with Crippen LogP contribution in [0.3, 0.4) is 0 Å². The lowest BCUT2D eigenvalue weighted by Crippen LogP contribution is -2.49. The molecule has 0 aromatic carbocycles. The highest BCUT2D eigenvalue weighted by atomic mass is 16.4. The second kappa shape index (κ2) is 9.42. The van der Waals surface area contributed by atoms with Crippen LogP contribution in [0.15, 0.2) is 0 Å². The van der Waals surface area contributed by atoms with Crippen LogP contribution in [0.25, 0.3) is 0 Å². The summed E-state index contributed by atoms with van der Waals surface area (Å²) in [5.41, 5.74) is -0.759. The fourth-order valence-corrected chi connectivity index (χ4v) is 3.10. The van der Waals surface area contributed by atoms with Crippen molar-refractivity contribution in [2.24, 2.45) is 5.92 Å². The third-order valence-electron chi connectivity index (χ3n) is 4.92. The average molecular weight is 298 g/mol. The first-order chi connectivity index (χ1) is 10.0. The molecule has 21 heavy (non-hydrogen) atoms. The molecule has 0 aromatic heterocycles. The first-order valence-electron chi connectivity index (χ1n) is 8.72. The molecule has 0 saturated carbocycles. The van der Waals surface area contributed by atoms with Crippen LogP contribution < -0.4 is 5.32 Å². The SMILES string of the molecule is CCCNC(C)(CCCCN1CCC(CC)CC1)C(=O)O. The van der Waals surface area contributed by atoms with Crippen LogP contribution in [0.2, 0.25) is 0 Å². The minimum absolute atomic E-state index is 0.716. The fraction of sp³-hybridized carbons (Fsp3) is 0.941. The zero-order valence-corrected chi connectivity index (χ0v) is 14.2. The molecule has 1 rings (SSSR count). The van der Waals surface area contributed by atoms with Crippen molar-refractivity contribution in [1.82, 2.24) is 10.2 Å². The van der Waals surface area contributed by atoms with E-state index in [0.717, 1.165) is 38.3 Å². The molecule has 0 aromatic rings. The highest BCUT2D eigenvalue weighted by Gasteiger charge is 2.31. The van der Waals surface area contributed by atoms with Gasteiger partial charge in [0.2, 0.25) is 0 Å². The van der Waals surface area contributed by atoms with E-state index in [2.05, 4.69) is 24.1 Å². The lowest BCUT2D eigenvalue weighted by molar-refractivity contribution is -0.144. The van der Waals surface area contributed by atoms with E-state index in [0.29, 0.717) is 6.42 Å². The van der Waals surface area contributed by atoms with Gasteiger partial charge in [0.25, 0.3) is 0 Å². The van der Waals surface area contributed by atoms with Crippen LogP contribution in [-0.4, -0.2) is 47.7 Å². The Morgan fingerprint density at radius 2 is 1.95 bits per heavy atom. The Hall–Kier alpha value is -0.610. The van der Waals surface area contributed by atoms with Crippen LogP contribution >= 0.6 is 0 Å². The molecule has 1 aliphatic rings. The van der Waals surface area contributed by atoms with Crippen molar-refractivity contribution in [3.8, 4) is 0 Å². The normalized spacial score (nSPS) is 20.3. The third kappa shape index (κ3) is 6.35. The minimum atomic E-state index is -0.759. The van der Waals surface area contributed by atoms with Crippen LogP contribution in [0.5, 0.6) is 0 Å². The van der Waals surface area contributed by atoms with E-state index < -0.39 is 11.5 Å². The molecule has 4 nitrogen and oxygen atoms in total. The largest absolute Gasteiger partial charge is 0.480 e. The lowest BCUT2D eigenvalue weighted by Gasteiger charge is -2.32. The van der Waals surface area contributed by atoms with Crippen molar-refractivity contribution >= 4 is 5.97 Å². The molecule has 1 fully saturated rings. The summed E-state index contributed by atoms with van der Waals surface area (Å²) in [6, 6.07) is 0. The van der Waals surface area contributed by atoms with Crippen molar-refractivity contribution in [2.75, 3.05) is 26.2 Å². The molecule has 1 saturated heterocycles. The second-order valence-electron chi connectivity index (χ2n) is 6.71. The molecule has 1 heterocycles. The number of piperidine rings is 1. The number of carboxylic acids is 1. The predicted octanol–water partition coefficient (Wildman–Crippen LogP) is 3.12. The molecule has 2 N–H and O–H groups in total. The van der Waals surface area contributed by atoms with Gasteiger partial charge in [0.15, 0.2) is 0 Å². The maximum atomic E-state index is 11.4. The molecule has 1 atom stereocenters. The molecule has 0 aliphatic carbocycles. The number of nitrogens with one attached hydrogen (secondary N) is 1. The van der Waals surface area contributed by atoms with E-state index in [1.807, 2.05) is 6.92 Å². The van der Waals surface area contributed by atoms with Crippen molar-refractivity contribution in [3.63, 3.8) is 0 Å². The summed E-state index contributed by atoms with van der Waals surface area (Å²) < 4.78 is 0. The molecule has 1 aliphatic heterocycles. The van der Waals surface area contributed by atoms with Crippen LogP contribution in [0.1, 0.15) is 65.7 Å². The summed E-state index contributed by atoms with van der Waals surface area (Å²) in [4.78, 5) is 14.0. The number of hydrogen-bond donors (Lipinski definition) is 2. The summed E-state index contributed by atoms with van der Waals surface area (Å²) in [6.07, 6.45) is 7.75. The standard InChI is InChI=1S/C17H34N2O2/c1-4-11-18-17(3,16(20)21)10-6-7-12-19-13-8-15(5-2)9-14-19/h15,18H,4-14H2,1-3H3,(H,20,21). The minimum Gasteiger partial charge on any atom is -0.480 e. The Bertz CT molecular complexity index is 301. The van der Waals surface area contributed by atoms with Crippen LogP contribution in [0, 0.1) is 5.92 Å². The topological polar surface area (TPSA) is 52.6 Å². The van der Waals surface area contributed by atoms with E-state index in [-0.39, 0.29) is 0 Å². The molecule has 1 unspecified atom stereocenters. The van der Waals surface area contributed by atoms with Gasteiger partial charge in [-0.05, 0) is 77.5 Å². The summed E-state index contributed by atoms with van der Waals surface area (Å²) >= 11 is 0. The van der Waals surface area contributed by atoms with Gasteiger partial charge in [-0.1, -0.05) is 20.3 Å². The van der Waals surface area contributed by atoms with Gasteiger partial charge in [0.05, 0.1) is 0 Å². The summed E-state index contributed by atoms with van der Waals surface area (Å²) in [5.74, 6) is 0.203. The van der Waals surface area contributed by atoms with Crippen LogP contribution in [0.4, 0.5) is 0 Å². The Labute approximate surface area is 130 Å². The number of aliphatic carboxylic acids is 1.